The third-order valence-electron chi connectivity index (χ3n) is 4.78. The zero-order chi connectivity index (χ0) is 23.5. The van der Waals surface area contributed by atoms with E-state index in [1.54, 1.807) is 0 Å². The van der Waals surface area contributed by atoms with Crippen molar-refractivity contribution in [3.8, 4) is 0 Å². The third-order valence-corrected chi connectivity index (χ3v) is 7.49. The molecular weight excluding hydrogens is 468 g/mol. The number of rotatable bonds is 8. The second-order valence-electron chi connectivity index (χ2n) is 7.01. The molecule has 0 saturated heterocycles. The highest BCUT2D eigenvalue weighted by Crippen LogP contribution is 2.30. The van der Waals surface area contributed by atoms with Crippen molar-refractivity contribution in [2.24, 2.45) is 0 Å². The van der Waals surface area contributed by atoms with E-state index < -0.39 is 53.7 Å². The van der Waals surface area contributed by atoms with Crippen LogP contribution in [0.3, 0.4) is 0 Å². The molecule has 1 aliphatic carbocycles. The lowest BCUT2D eigenvalue weighted by molar-refractivity contribution is -0.385. The fraction of sp³-hybridized carbons (Fsp3) is 0.333. The van der Waals surface area contributed by atoms with Crippen LogP contribution < -0.4 is 0 Å². The molecule has 0 radical (unpaired) electrons. The van der Waals surface area contributed by atoms with Crippen LogP contribution >= 0.6 is 0 Å². The zero-order valence-electron chi connectivity index (χ0n) is 16.4. The molecule has 0 atom stereocenters. The highest BCUT2D eigenvalue weighted by Gasteiger charge is 2.31. The molecule has 0 spiro atoms. The molecule has 0 bridgehead atoms. The lowest BCUT2D eigenvalue weighted by Gasteiger charge is -2.27. The van der Waals surface area contributed by atoms with Crippen LogP contribution in [0, 0.1) is 20.2 Å². The molecule has 32 heavy (non-hydrogen) atoms. The van der Waals surface area contributed by atoms with E-state index in [9.17, 15) is 37.1 Å². The number of nitrogens with zero attached hydrogens (tertiary/aromatic N) is 2. The SMILES string of the molecule is O=[N+]([O-])c1cccc(S(=O)(=O)OC2CCC(OS(=O)(=O)c3cccc([N+](=O)[O-])c3)CC2)c1. The number of nitro benzene ring substituents is 2. The molecule has 0 heterocycles. The van der Waals surface area contributed by atoms with Gasteiger partial charge in [0.15, 0.2) is 0 Å². The molecule has 2 aromatic carbocycles. The Labute approximate surface area is 183 Å². The van der Waals surface area contributed by atoms with Crippen LogP contribution in [0.4, 0.5) is 11.4 Å². The molecule has 172 valence electrons. The van der Waals surface area contributed by atoms with Crippen molar-refractivity contribution in [1.29, 1.82) is 0 Å². The minimum atomic E-state index is -4.25. The van der Waals surface area contributed by atoms with Crippen molar-refractivity contribution in [2.45, 2.75) is 47.7 Å². The standard InChI is InChI=1S/C18H18N2O10S2/c21-19(22)13-3-1-5-17(11-13)31(25,26)29-15-7-9-16(10-8-15)30-32(27,28)18-6-2-4-14(12-18)20(23)24/h1-6,11-12,15-16H,7-10H2. The zero-order valence-corrected chi connectivity index (χ0v) is 18.0. The van der Waals surface area contributed by atoms with E-state index in [4.69, 9.17) is 8.37 Å². The summed E-state index contributed by atoms with van der Waals surface area (Å²) in [5, 5.41) is 21.7. The summed E-state index contributed by atoms with van der Waals surface area (Å²) in [6, 6.07) is 8.94. The van der Waals surface area contributed by atoms with Gasteiger partial charge in [-0.15, -0.1) is 0 Å². The largest absolute Gasteiger partial charge is 0.297 e. The number of nitro groups is 2. The Hall–Kier alpha value is -2.94. The van der Waals surface area contributed by atoms with E-state index in [-0.39, 0.29) is 35.5 Å². The first kappa shape index (κ1) is 23.7. The summed E-state index contributed by atoms with van der Waals surface area (Å²) in [5.41, 5.74) is -0.781. The van der Waals surface area contributed by atoms with Crippen LogP contribution in [0.1, 0.15) is 25.7 Å². The van der Waals surface area contributed by atoms with Crippen LogP contribution in [0.5, 0.6) is 0 Å². The highest BCUT2D eigenvalue weighted by molar-refractivity contribution is 7.87. The molecule has 14 heteroatoms. The van der Waals surface area contributed by atoms with E-state index in [0.717, 1.165) is 24.3 Å². The Kier molecular flexibility index (Phi) is 6.88. The predicted molar refractivity (Wildman–Crippen MR) is 109 cm³/mol. The number of benzene rings is 2. The normalized spacial score (nSPS) is 19.4. The van der Waals surface area contributed by atoms with Crippen LogP contribution in [0.2, 0.25) is 0 Å². The van der Waals surface area contributed by atoms with Gasteiger partial charge in [0, 0.05) is 24.3 Å². The van der Waals surface area contributed by atoms with Crippen LogP contribution in [-0.4, -0.2) is 38.9 Å². The first-order valence-electron chi connectivity index (χ1n) is 9.33. The molecule has 0 N–H and O–H groups in total. The van der Waals surface area contributed by atoms with Crippen molar-refractivity contribution in [2.75, 3.05) is 0 Å². The van der Waals surface area contributed by atoms with Gasteiger partial charge in [-0.25, -0.2) is 0 Å². The van der Waals surface area contributed by atoms with Gasteiger partial charge < -0.3 is 0 Å². The Morgan fingerprint density at radius 2 is 1.03 bits per heavy atom. The van der Waals surface area contributed by atoms with E-state index in [1.165, 1.54) is 24.3 Å². The molecule has 1 saturated carbocycles. The van der Waals surface area contributed by atoms with Gasteiger partial charge >= 0.3 is 0 Å². The predicted octanol–water partition coefficient (Wildman–Crippen LogP) is 2.93. The Morgan fingerprint density at radius 1 is 0.688 bits per heavy atom. The second-order valence-corrected chi connectivity index (χ2v) is 10.2. The highest BCUT2D eigenvalue weighted by atomic mass is 32.2. The average molecular weight is 486 g/mol. The monoisotopic (exact) mass is 486 g/mol. The average Bonchev–Trinajstić information content (AvgIpc) is 2.75. The molecule has 3 rings (SSSR count). The summed E-state index contributed by atoms with van der Waals surface area (Å²) in [7, 11) is -8.50. The summed E-state index contributed by atoms with van der Waals surface area (Å²) in [6.45, 7) is 0. The van der Waals surface area contributed by atoms with Crippen LogP contribution in [0.15, 0.2) is 58.3 Å². The first-order valence-corrected chi connectivity index (χ1v) is 12.1. The second kappa shape index (κ2) is 9.28. The first-order chi connectivity index (χ1) is 15.0. The molecule has 0 aromatic heterocycles. The minimum absolute atomic E-state index is 0.170. The van der Waals surface area contributed by atoms with E-state index in [2.05, 4.69) is 0 Å². The molecule has 12 nitrogen and oxygen atoms in total. The summed E-state index contributed by atoms with van der Waals surface area (Å²) < 4.78 is 60.1. The molecule has 0 unspecified atom stereocenters. The lowest BCUT2D eigenvalue weighted by atomic mass is 9.95. The van der Waals surface area contributed by atoms with Crippen molar-refractivity contribution in [3.05, 3.63) is 68.8 Å². The quantitative estimate of drug-likeness (QED) is 0.306. The summed E-state index contributed by atoms with van der Waals surface area (Å²) >= 11 is 0. The van der Waals surface area contributed by atoms with Gasteiger partial charge in [0.25, 0.3) is 31.6 Å². The van der Waals surface area contributed by atoms with Gasteiger partial charge in [-0.2, -0.15) is 16.8 Å². The lowest BCUT2D eigenvalue weighted by Crippen LogP contribution is -2.30. The van der Waals surface area contributed by atoms with Gasteiger partial charge in [-0.3, -0.25) is 28.6 Å². The van der Waals surface area contributed by atoms with Crippen LogP contribution in [0.25, 0.3) is 0 Å². The smallest absolute Gasteiger partial charge is 0.263 e. The Bertz CT molecular complexity index is 1140. The van der Waals surface area contributed by atoms with E-state index in [1.807, 2.05) is 0 Å². The van der Waals surface area contributed by atoms with Gasteiger partial charge in [-0.1, -0.05) is 12.1 Å². The maximum absolute atomic E-state index is 12.4. The Morgan fingerprint density at radius 3 is 1.34 bits per heavy atom. The summed E-state index contributed by atoms with van der Waals surface area (Å²) in [6.07, 6.45) is -0.821. The fourth-order valence-corrected chi connectivity index (χ4v) is 5.54. The molecular formula is C18H18N2O10S2. The van der Waals surface area contributed by atoms with Crippen molar-refractivity contribution >= 4 is 31.6 Å². The van der Waals surface area contributed by atoms with Crippen molar-refractivity contribution < 1.29 is 35.0 Å². The van der Waals surface area contributed by atoms with E-state index in [0.29, 0.717) is 0 Å². The molecule has 1 fully saturated rings. The van der Waals surface area contributed by atoms with Crippen molar-refractivity contribution in [3.63, 3.8) is 0 Å². The number of hydrogen-bond acceptors (Lipinski definition) is 10. The third kappa shape index (κ3) is 5.64. The van der Waals surface area contributed by atoms with Crippen LogP contribution in [-0.2, 0) is 28.6 Å². The molecule has 1 aliphatic rings. The summed E-state index contributed by atoms with van der Waals surface area (Å²) in [5.74, 6) is 0. The minimum Gasteiger partial charge on any atom is -0.263 e. The van der Waals surface area contributed by atoms with Gasteiger partial charge in [0.1, 0.15) is 9.79 Å². The van der Waals surface area contributed by atoms with E-state index >= 15 is 0 Å². The van der Waals surface area contributed by atoms with Gasteiger partial charge in [0.05, 0.1) is 22.1 Å². The fourth-order valence-electron chi connectivity index (χ4n) is 3.20. The molecule has 0 amide bonds. The van der Waals surface area contributed by atoms with Crippen molar-refractivity contribution in [1.82, 2.24) is 0 Å². The number of non-ortho nitro benzene ring substituents is 2. The summed E-state index contributed by atoms with van der Waals surface area (Å²) in [4.78, 5) is 19.6. The maximum Gasteiger partial charge on any atom is 0.297 e. The number of hydrogen-bond donors (Lipinski definition) is 0. The van der Waals surface area contributed by atoms with Gasteiger partial charge in [-0.05, 0) is 37.8 Å². The van der Waals surface area contributed by atoms with Gasteiger partial charge in [0.2, 0.25) is 0 Å². The topological polar surface area (TPSA) is 173 Å². The maximum atomic E-state index is 12.4. The molecule has 0 aliphatic heterocycles. The Balaban J connectivity index is 1.61. The molecule has 2 aromatic rings.